The number of aromatic nitrogens is 3. The third kappa shape index (κ3) is 6.83. The van der Waals surface area contributed by atoms with Gasteiger partial charge in [-0.1, -0.05) is 23.2 Å². The van der Waals surface area contributed by atoms with Gasteiger partial charge in [-0.15, -0.1) is 0 Å². The van der Waals surface area contributed by atoms with Gasteiger partial charge in [0, 0.05) is 53.6 Å². The van der Waals surface area contributed by atoms with Crippen molar-refractivity contribution in [3.8, 4) is 16.9 Å². The number of primary amides is 1. The smallest absolute Gasteiger partial charge is 0.239 e. The van der Waals surface area contributed by atoms with Gasteiger partial charge in [-0.2, -0.15) is 5.10 Å². The van der Waals surface area contributed by atoms with Gasteiger partial charge in [0.25, 0.3) is 0 Å². The molecule has 1 saturated heterocycles. The Morgan fingerprint density at radius 1 is 1.20 bits per heavy atom. The minimum atomic E-state index is -0.693. The lowest BCUT2D eigenvalue weighted by Crippen LogP contribution is -2.47. The predicted octanol–water partition coefficient (Wildman–Crippen LogP) is 4.26. The zero-order valence-corrected chi connectivity index (χ0v) is 23.5. The van der Waals surface area contributed by atoms with E-state index in [1.54, 1.807) is 30.3 Å². The van der Waals surface area contributed by atoms with Crippen LogP contribution in [-0.4, -0.2) is 50.6 Å². The van der Waals surface area contributed by atoms with Crippen LogP contribution < -0.4 is 21.9 Å². The number of carbonyl (C=O) groups excluding carboxylic acids is 2. The molecule has 40 heavy (non-hydrogen) atoms. The number of anilines is 1. The number of carbonyl (C=O) groups is 2. The highest BCUT2D eigenvalue weighted by Crippen LogP contribution is 2.37. The number of rotatable bonds is 10. The molecule has 1 aliphatic rings. The highest BCUT2D eigenvalue weighted by atomic mass is 35.5. The van der Waals surface area contributed by atoms with Crippen LogP contribution >= 0.6 is 23.2 Å². The number of nitrogens with two attached hydrogens (primary N) is 3. The Hall–Kier alpha value is -3.41. The molecule has 0 aliphatic carbocycles. The fourth-order valence-electron chi connectivity index (χ4n) is 4.76. The lowest BCUT2D eigenvalue weighted by atomic mass is 10.0. The van der Waals surface area contributed by atoms with Crippen LogP contribution in [-0.2, 0) is 9.59 Å². The van der Waals surface area contributed by atoms with Gasteiger partial charge < -0.3 is 26.8 Å². The van der Waals surface area contributed by atoms with Crippen LogP contribution in [0.25, 0.3) is 11.1 Å². The summed E-state index contributed by atoms with van der Waals surface area (Å²) in [6, 6.07) is 3.82. The largest absolute Gasteiger partial charge is 0.482 e. The summed E-state index contributed by atoms with van der Waals surface area (Å²) in [4.78, 5) is 29.6. The number of likely N-dealkylation sites (tertiary alicyclic amines) is 1. The summed E-state index contributed by atoms with van der Waals surface area (Å²) in [6.45, 7) is 2.82. The summed E-state index contributed by atoms with van der Waals surface area (Å²) in [6.07, 6.45) is 7.16. The first kappa shape index (κ1) is 29.6. The number of benzene rings is 1. The topological polar surface area (TPSA) is 155 Å². The second kappa shape index (κ2) is 12.8. The molecule has 2 aromatic heterocycles. The van der Waals surface area contributed by atoms with Gasteiger partial charge in [-0.25, -0.2) is 9.37 Å². The summed E-state index contributed by atoms with van der Waals surface area (Å²) < 4.78 is 21.9. The Morgan fingerprint density at radius 3 is 2.62 bits per heavy atom. The van der Waals surface area contributed by atoms with Crippen LogP contribution in [0.2, 0.25) is 10.0 Å². The molecule has 0 saturated carbocycles. The summed E-state index contributed by atoms with van der Waals surface area (Å²) >= 11 is 12.4. The molecule has 214 valence electrons. The van der Waals surface area contributed by atoms with Gasteiger partial charge in [-0.3, -0.25) is 14.3 Å². The lowest BCUT2D eigenvalue weighted by Gasteiger charge is -2.33. The summed E-state index contributed by atoms with van der Waals surface area (Å²) in [5, 5.41) is 4.71. The molecule has 2 amide bonds. The second-order valence-electron chi connectivity index (χ2n) is 9.85. The molecule has 10 nitrogen and oxygen atoms in total. The maximum absolute atomic E-state index is 14.0. The molecule has 1 aliphatic heterocycles. The molecular weight excluding hydrogens is 560 g/mol. The molecule has 3 heterocycles. The average molecular weight is 593 g/mol. The predicted molar refractivity (Wildman–Crippen MR) is 151 cm³/mol. The highest BCUT2D eigenvalue weighted by molar-refractivity contribution is 6.36. The van der Waals surface area contributed by atoms with Gasteiger partial charge in [-0.05, 0) is 50.8 Å². The molecule has 0 bridgehead atoms. The third-order valence-electron chi connectivity index (χ3n) is 7.01. The average Bonchev–Trinajstić information content (AvgIpc) is 3.42. The summed E-state index contributed by atoms with van der Waals surface area (Å²) in [5.74, 6) is -0.642. The van der Waals surface area contributed by atoms with E-state index in [4.69, 9.17) is 45.1 Å². The van der Waals surface area contributed by atoms with Crippen LogP contribution in [0.4, 0.5) is 10.2 Å². The molecule has 1 fully saturated rings. The molecule has 3 aromatic rings. The van der Waals surface area contributed by atoms with E-state index in [9.17, 15) is 14.0 Å². The van der Waals surface area contributed by atoms with Crippen molar-refractivity contribution >= 4 is 40.8 Å². The van der Waals surface area contributed by atoms with Gasteiger partial charge in [0.2, 0.25) is 11.8 Å². The molecule has 0 spiro atoms. The van der Waals surface area contributed by atoms with Crippen LogP contribution in [0.15, 0.2) is 36.8 Å². The van der Waals surface area contributed by atoms with E-state index < -0.39 is 23.9 Å². The van der Waals surface area contributed by atoms with Crippen molar-refractivity contribution < 1.29 is 18.7 Å². The molecular formula is C27H32Cl2FN7O3. The highest BCUT2D eigenvalue weighted by Gasteiger charge is 2.27. The Balaban J connectivity index is 1.39. The van der Waals surface area contributed by atoms with E-state index in [0.717, 1.165) is 24.0 Å². The fraction of sp³-hybridized carbons (Fsp3) is 0.407. The van der Waals surface area contributed by atoms with Gasteiger partial charge in [0.15, 0.2) is 11.6 Å². The maximum atomic E-state index is 14.0. The van der Waals surface area contributed by atoms with Crippen molar-refractivity contribution in [2.75, 3.05) is 18.8 Å². The van der Waals surface area contributed by atoms with Crippen molar-refractivity contribution in [3.05, 3.63) is 58.2 Å². The molecule has 0 unspecified atom stereocenters. The normalized spacial score (nSPS) is 15.6. The van der Waals surface area contributed by atoms with E-state index in [1.807, 2.05) is 10.9 Å². The number of amides is 2. The van der Waals surface area contributed by atoms with Crippen molar-refractivity contribution in [3.63, 3.8) is 0 Å². The zero-order chi connectivity index (χ0) is 29.0. The van der Waals surface area contributed by atoms with Crippen LogP contribution in [0.1, 0.15) is 56.7 Å². The van der Waals surface area contributed by atoms with E-state index in [-0.39, 0.29) is 34.2 Å². The Labute approximate surface area is 241 Å². The van der Waals surface area contributed by atoms with Gasteiger partial charge >= 0.3 is 0 Å². The molecule has 4 rings (SSSR count). The molecule has 2 atom stereocenters. The minimum absolute atomic E-state index is 0.109. The van der Waals surface area contributed by atoms with Crippen molar-refractivity contribution in [1.82, 2.24) is 19.7 Å². The number of hydrogen-bond acceptors (Lipinski definition) is 7. The van der Waals surface area contributed by atoms with E-state index in [1.165, 1.54) is 12.1 Å². The first-order valence-corrected chi connectivity index (χ1v) is 13.7. The van der Waals surface area contributed by atoms with Crippen LogP contribution in [0, 0.1) is 5.82 Å². The number of pyridine rings is 1. The summed E-state index contributed by atoms with van der Waals surface area (Å²) in [5.41, 5.74) is 19.1. The maximum Gasteiger partial charge on any atom is 0.239 e. The first-order valence-electron chi connectivity index (χ1n) is 13.0. The Bertz CT molecular complexity index is 1380. The van der Waals surface area contributed by atoms with Crippen LogP contribution in [0.5, 0.6) is 5.75 Å². The number of nitrogen functional groups attached to an aromatic ring is 1. The van der Waals surface area contributed by atoms with Crippen molar-refractivity contribution in [1.29, 1.82) is 0 Å². The zero-order valence-electron chi connectivity index (χ0n) is 22.0. The molecule has 1 aromatic carbocycles. The van der Waals surface area contributed by atoms with E-state index in [0.29, 0.717) is 37.2 Å². The SMILES string of the molecule is C[C@@H](Oc1cc(-c2cnn(C3CCN(C(=O)[C@@H](N)CCCC(N)=O)CC3)c2)cnc1N)c1c(Cl)ccc(F)c1Cl. The quantitative estimate of drug-likeness (QED) is 0.297. The fourth-order valence-corrected chi connectivity index (χ4v) is 5.44. The number of nitrogens with zero attached hydrogens (tertiary/aromatic N) is 4. The lowest BCUT2D eigenvalue weighted by molar-refractivity contribution is -0.134. The minimum Gasteiger partial charge on any atom is -0.482 e. The van der Waals surface area contributed by atoms with Gasteiger partial charge in [0.1, 0.15) is 11.9 Å². The standard InChI is InChI=1S/C27H32Cl2FN7O3/c1-15(24-19(28)5-6-20(30)25(24)29)40-22-11-16(12-34-26(22)33)17-13-35-37(14-17)18-7-9-36(10-8-18)27(39)21(31)3-2-4-23(32)38/h5-6,11-15,18,21H,2-4,7-10,31H2,1H3,(H2,32,38)(H2,33,34)/t15-,21+/m1/s1. The Morgan fingerprint density at radius 2 is 1.93 bits per heavy atom. The Kier molecular flexibility index (Phi) is 9.49. The number of hydrogen-bond donors (Lipinski definition) is 3. The second-order valence-corrected chi connectivity index (χ2v) is 10.6. The van der Waals surface area contributed by atoms with Crippen molar-refractivity contribution in [2.24, 2.45) is 11.5 Å². The molecule has 0 radical (unpaired) electrons. The first-order chi connectivity index (χ1) is 19.0. The third-order valence-corrected chi connectivity index (χ3v) is 7.73. The summed E-state index contributed by atoms with van der Waals surface area (Å²) in [7, 11) is 0. The van der Waals surface area contributed by atoms with E-state index >= 15 is 0 Å². The molecule has 13 heteroatoms. The molecule has 6 N–H and O–H groups in total. The number of halogens is 3. The van der Waals surface area contributed by atoms with Gasteiger partial charge in [0.05, 0.1) is 23.3 Å². The van der Waals surface area contributed by atoms with E-state index in [2.05, 4.69) is 10.1 Å². The monoisotopic (exact) mass is 591 g/mol. The van der Waals surface area contributed by atoms with Crippen LogP contribution in [0.3, 0.4) is 0 Å². The van der Waals surface area contributed by atoms with Crippen molar-refractivity contribution in [2.45, 2.75) is 57.2 Å². The number of piperidine rings is 1. The number of ether oxygens (including phenoxy) is 1.